The van der Waals surface area contributed by atoms with E-state index in [1.807, 2.05) is 12.1 Å². The fourth-order valence-corrected chi connectivity index (χ4v) is 2.46. The molecule has 0 spiro atoms. The van der Waals surface area contributed by atoms with Crippen LogP contribution in [-0.4, -0.2) is 25.3 Å². The molecule has 1 aromatic carbocycles. The lowest BCUT2D eigenvalue weighted by Gasteiger charge is -2.39. The molecule has 0 saturated carbocycles. The predicted octanol–water partition coefficient (Wildman–Crippen LogP) is 2.41. The van der Waals surface area contributed by atoms with E-state index in [9.17, 15) is 0 Å². The van der Waals surface area contributed by atoms with E-state index < -0.39 is 0 Å². The third kappa shape index (κ3) is 2.73. The van der Waals surface area contributed by atoms with E-state index in [-0.39, 0.29) is 6.10 Å². The average molecular weight is 255 g/mol. The minimum Gasteiger partial charge on any atom is -0.375 e. The topological polar surface area (TPSA) is 38.5 Å². The van der Waals surface area contributed by atoms with Crippen molar-refractivity contribution in [1.82, 2.24) is 0 Å². The number of nitrogens with zero attached hydrogens (tertiary/aromatic N) is 1. The highest BCUT2D eigenvalue weighted by Gasteiger charge is 2.24. The van der Waals surface area contributed by atoms with E-state index in [0.717, 1.165) is 29.4 Å². The summed E-state index contributed by atoms with van der Waals surface area (Å²) < 4.78 is 5.62. The molecule has 0 aliphatic carbocycles. The van der Waals surface area contributed by atoms with Gasteiger partial charge in [-0.1, -0.05) is 17.7 Å². The van der Waals surface area contributed by atoms with E-state index in [1.54, 1.807) is 0 Å². The van der Waals surface area contributed by atoms with Gasteiger partial charge >= 0.3 is 0 Å². The van der Waals surface area contributed by atoms with Crippen molar-refractivity contribution in [1.29, 1.82) is 0 Å². The van der Waals surface area contributed by atoms with Crippen molar-refractivity contribution in [2.24, 2.45) is 5.73 Å². The highest BCUT2D eigenvalue weighted by atomic mass is 35.5. The second kappa shape index (κ2) is 5.25. The van der Waals surface area contributed by atoms with Gasteiger partial charge in [0.1, 0.15) is 0 Å². The zero-order chi connectivity index (χ0) is 12.4. The molecule has 0 bridgehead atoms. The van der Waals surface area contributed by atoms with E-state index >= 15 is 0 Å². The van der Waals surface area contributed by atoms with Gasteiger partial charge in [0.05, 0.1) is 23.4 Å². The van der Waals surface area contributed by atoms with Crippen LogP contribution in [0.3, 0.4) is 0 Å². The van der Waals surface area contributed by atoms with Crippen LogP contribution in [0.1, 0.15) is 19.4 Å². The SMILES string of the molecule is CC1CN(c2ccc(CN)cc2Cl)C(C)CO1. The first-order chi connectivity index (χ1) is 8.11. The largest absolute Gasteiger partial charge is 0.375 e. The molecule has 17 heavy (non-hydrogen) atoms. The Balaban J connectivity index is 2.26. The summed E-state index contributed by atoms with van der Waals surface area (Å²) in [7, 11) is 0. The first-order valence-electron chi connectivity index (χ1n) is 5.98. The molecule has 0 aromatic heterocycles. The summed E-state index contributed by atoms with van der Waals surface area (Å²) in [6.45, 7) is 6.38. The van der Waals surface area contributed by atoms with Crippen LogP contribution in [0.15, 0.2) is 18.2 Å². The van der Waals surface area contributed by atoms with Gasteiger partial charge in [0.25, 0.3) is 0 Å². The van der Waals surface area contributed by atoms with Crippen LogP contribution < -0.4 is 10.6 Å². The number of benzene rings is 1. The molecule has 2 rings (SSSR count). The number of hydrogen-bond donors (Lipinski definition) is 1. The molecule has 2 N–H and O–H groups in total. The lowest BCUT2D eigenvalue weighted by Crippen LogP contribution is -2.47. The van der Waals surface area contributed by atoms with Crippen LogP contribution in [0.5, 0.6) is 0 Å². The van der Waals surface area contributed by atoms with E-state index in [0.29, 0.717) is 12.6 Å². The van der Waals surface area contributed by atoms with E-state index in [1.165, 1.54) is 0 Å². The Labute approximate surface area is 107 Å². The Bertz CT molecular complexity index is 397. The fraction of sp³-hybridized carbons (Fsp3) is 0.538. The normalized spacial score (nSPS) is 25.1. The molecule has 2 atom stereocenters. The van der Waals surface area contributed by atoms with Crippen molar-refractivity contribution in [3.8, 4) is 0 Å². The molecular weight excluding hydrogens is 236 g/mol. The Morgan fingerprint density at radius 1 is 1.47 bits per heavy atom. The summed E-state index contributed by atoms with van der Waals surface area (Å²) in [6.07, 6.45) is 0.247. The maximum Gasteiger partial charge on any atom is 0.0723 e. The first-order valence-corrected chi connectivity index (χ1v) is 6.36. The second-order valence-corrected chi connectivity index (χ2v) is 5.04. The minimum atomic E-state index is 0.247. The van der Waals surface area contributed by atoms with E-state index in [4.69, 9.17) is 22.1 Å². The molecule has 0 radical (unpaired) electrons. The summed E-state index contributed by atoms with van der Waals surface area (Å²) in [6, 6.07) is 6.39. The van der Waals surface area contributed by atoms with Gasteiger partial charge in [0, 0.05) is 19.1 Å². The van der Waals surface area contributed by atoms with Crippen LogP contribution in [0.2, 0.25) is 5.02 Å². The Morgan fingerprint density at radius 2 is 2.24 bits per heavy atom. The van der Waals surface area contributed by atoms with Gasteiger partial charge in [-0.3, -0.25) is 0 Å². The van der Waals surface area contributed by atoms with Gasteiger partial charge in [-0.2, -0.15) is 0 Å². The lowest BCUT2D eigenvalue weighted by atomic mass is 10.1. The van der Waals surface area contributed by atoms with Crippen molar-refractivity contribution in [2.45, 2.75) is 32.5 Å². The number of anilines is 1. The van der Waals surface area contributed by atoms with Crippen LogP contribution in [0, 0.1) is 0 Å². The molecule has 3 nitrogen and oxygen atoms in total. The molecule has 1 aromatic rings. The summed E-state index contributed by atoms with van der Waals surface area (Å²) >= 11 is 6.32. The van der Waals surface area contributed by atoms with Gasteiger partial charge in [0.2, 0.25) is 0 Å². The van der Waals surface area contributed by atoms with Crippen molar-refractivity contribution in [3.05, 3.63) is 28.8 Å². The highest BCUT2D eigenvalue weighted by Crippen LogP contribution is 2.30. The van der Waals surface area contributed by atoms with Gasteiger partial charge in [-0.15, -0.1) is 0 Å². The minimum absolute atomic E-state index is 0.247. The van der Waals surface area contributed by atoms with Crippen molar-refractivity contribution >= 4 is 17.3 Å². The summed E-state index contributed by atoms with van der Waals surface area (Å²) in [5.74, 6) is 0. The quantitative estimate of drug-likeness (QED) is 0.881. The summed E-state index contributed by atoms with van der Waals surface area (Å²) in [5.41, 5.74) is 7.74. The number of nitrogens with two attached hydrogens (primary N) is 1. The number of rotatable bonds is 2. The first kappa shape index (κ1) is 12.7. The van der Waals surface area contributed by atoms with Gasteiger partial charge < -0.3 is 15.4 Å². The Kier molecular flexibility index (Phi) is 3.92. The molecule has 4 heteroatoms. The summed E-state index contributed by atoms with van der Waals surface area (Å²) in [4.78, 5) is 2.30. The van der Waals surface area contributed by atoms with Crippen LogP contribution in [0.25, 0.3) is 0 Å². The molecule has 1 aliphatic heterocycles. The number of halogens is 1. The van der Waals surface area contributed by atoms with E-state index in [2.05, 4.69) is 24.8 Å². The second-order valence-electron chi connectivity index (χ2n) is 4.64. The monoisotopic (exact) mass is 254 g/mol. The molecule has 1 aliphatic rings. The van der Waals surface area contributed by atoms with Gasteiger partial charge in [0.15, 0.2) is 0 Å². The zero-order valence-corrected chi connectivity index (χ0v) is 11.1. The lowest BCUT2D eigenvalue weighted by molar-refractivity contribution is 0.0344. The standard InChI is InChI=1S/C13H19ClN2O/c1-9-8-17-10(2)7-16(9)13-4-3-11(6-15)5-12(13)14/h3-5,9-10H,6-8,15H2,1-2H3. The smallest absolute Gasteiger partial charge is 0.0723 e. The maximum absolute atomic E-state index is 6.32. The Hall–Kier alpha value is -0.770. The molecule has 1 fully saturated rings. The van der Waals surface area contributed by atoms with Crippen molar-refractivity contribution in [2.75, 3.05) is 18.1 Å². The fourth-order valence-electron chi connectivity index (χ4n) is 2.15. The number of hydrogen-bond acceptors (Lipinski definition) is 3. The third-order valence-corrected chi connectivity index (χ3v) is 3.47. The number of morpholine rings is 1. The molecule has 0 amide bonds. The Morgan fingerprint density at radius 3 is 2.88 bits per heavy atom. The van der Waals surface area contributed by atoms with Crippen LogP contribution >= 0.6 is 11.6 Å². The highest BCUT2D eigenvalue weighted by molar-refractivity contribution is 6.33. The molecule has 1 saturated heterocycles. The third-order valence-electron chi connectivity index (χ3n) is 3.17. The van der Waals surface area contributed by atoms with Gasteiger partial charge in [-0.25, -0.2) is 0 Å². The molecule has 2 unspecified atom stereocenters. The molecule has 1 heterocycles. The molecular formula is C13H19ClN2O. The van der Waals surface area contributed by atoms with Crippen LogP contribution in [0.4, 0.5) is 5.69 Å². The number of ether oxygens (including phenoxy) is 1. The summed E-state index contributed by atoms with van der Waals surface area (Å²) in [5, 5.41) is 0.772. The van der Waals surface area contributed by atoms with Crippen molar-refractivity contribution in [3.63, 3.8) is 0 Å². The van der Waals surface area contributed by atoms with Gasteiger partial charge in [-0.05, 0) is 31.5 Å². The maximum atomic E-state index is 6.32. The molecule has 94 valence electrons. The average Bonchev–Trinajstić information content (AvgIpc) is 2.32. The predicted molar refractivity (Wildman–Crippen MR) is 71.6 cm³/mol. The van der Waals surface area contributed by atoms with Crippen LogP contribution in [-0.2, 0) is 11.3 Å². The van der Waals surface area contributed by atoms with Crippen molar-refractivity contribution < 1.29 is 4.74 Å². The zero-order valence-electron chi connectivity index (χ0n) is 10.3.